The lowest BCUT2D eigenvalue weighted by molar-refractivity contribution is -0.123. The molecular formula is C28H30N2O3S. The number of nitrogens with one attached hydrogen (secondary N) is 2. The second-order valence-corrected chi connectivity index (χ2v) is 9.43. The van der Waals surface area contributed by atoms with E-state index in [1.807, 2.05) is 67.8 Å². The Morgan fingerprint density at radius 3 is 2.09 bits per heavy atom. The lowest BCUT2D eigenvalue weighted by Crippen LogP contribution is -2.48. The maximum Gasteiger partial charge on any atom is 0.407 e. The Kier molecular flexibility index (Phi) is 7.91. The van der Waals surface area contributed by atoms with Crippen molar-refractivity contribution in [3.63, 3.8) is 0 Å². The molecule has 2 atom stereocenters. The summed E-state index contributed by atoms with van der Waals surface area (Å²) in [7, 11) is 0. The van der Waals surface area contributed by atoms with E-state index in [4.69, 9.17) is 4.74 Å². The second-order valence-electron chi connectivity index (χ2n) is 8.44. The van der Waals surface area contributed by atoms with Gasteiger partial charge >= 0.3 is 6.09 Å². The van der Waals surface area contributed by atoms with Gasteiger partial charge < -0.3 is 15.4 Å². The zero-order chi connectivity index (χ0) is 23.9. The summed E-state index contributed by atoms with van der Waals surface area (Å²) < 4.78 is 5.65. The van der Waals surface area contributed by atoms with Gasteiger partial charge in [-0.3, -0.25) is 4.79 Å². The fourth-order valence-corrected chi connectivity index (χ4v) is 4.90. The van der Waals surface area contributed by atoms with Crippen LogP contribution in [0, 0.1) is 0 Å². The van der Waals surface area contributed by atoms with Crippen molar-refractivity contribution < 1.29 is 14.3 Å². The fraction of sp³-hybridized carbons (Fsp3) is 0.286. The largest absolute Gasteiger partial charge is 0.449 e. The first-order chi connectivity index (χ1) is 16.6. The number of alkyl carbamates (subject to hydrolysis) is 1. The minimum atomic E-state index is -0.658. The van der Waals surface area contributed by atoms with Crippen LogP contribution < -0.4 is 10.6 Å². The molecule has 3 aromatic carbocycles. The van der Waals surface area contributed by atoms with Gasteiger partial charge in [-0.05, 0) is 53.2 Å². The summed E-state index contributed by atoms with van der Waals surface area (Å²) in [5, 5.41) is 5.81. The molecule has 0 fully saturated rings. The maximum atomic E-state index is 13.0. The van der Waals surface area contributed by atoms with Crippen LogP contribution in [0.5, 0.6) is 0 Å². The van der Waals surface area contributed by atoms with Gasteiger partial charge in [-0.2, -0.15) is 11.8 Å². The maximum absolute atomic E-state index is 13.0. The third kappa shape index (κ3) is 5.45. The Labute approximate surface area is 205 Å². The Morgan fingerprint density at radius 1 is 0.882 bits per heavy atom. The number of amides is 2. The summed E-state index contributed by atoms with van der Waals surface area (Å²) in [6.45, 7) is 2.16. The molecule has 5 nitrogen and oxygen atoms in total. The first-order valence-electron chi connectivity index (χ1n) is 11.5. The van der Waals surface area contributed by atoms with Crippen LogP contribution >= 0.6 is 11.8 Å². The van der Waals surface area contributed by atoms with Crippen LogP contribution in [0.25, 0.3) is 11.1 Å². The van der Waals surface area contributed by atoms with Crippen LogP contribution in [-0.2, 0) is 9.53 Å². The number of carbonyl (C=O) groups excluding carboxylic acids is 2. The normalized spacial score (nSPS) is 13.9. The number of thioether (sulfide) groups is 1. The van der Waals surface area contributed by atoms with E-state index in [0.717, 1.165) is 22.4 Å². The van der Waals surface area contributed by atoms with Crippen LogP contribution in [0.15, 0.2) is 78.9 Å². The van der Waals surface area contributed by atoms with Gasteiger partial charge in [0.05, 0.1) is 6.04 Å². The lowest BCUT2D eigenvalue weighted by Gasteiger charge is -2.22. The molecule has 34 heavy (non-hydrogen) atoms. The van der Waals surface area contributed by atoms with Gasteiger partial charge in [-0.25, -0.2) is 4.79 Å². The molecule has 1 aliphatic rings. The van der Waals surface area contributed by atoms with E-state index in [9.17, 15) is 9.59 Å². The highest BCUT2D eigenvalue weighted by Gasteiger charge is 2.30. The minimum Gasteiger partial charge on any atom is -0.449 e. The predicted molar refractivity (Wildman–Crippen MR) is 138 cm³/mol. The highest BCUT2D eigenvalue weighted by Crippen LogP contribution is 2.44. The number of ether oxygens (including phenoxy) is 1. The summed E-state index contributed by atoms with van der Waals surface area (Å²) in [6.07, 6.45) is 1.93. The number of hydrogen-bond acceptors (Lipinski definition) is 4. The van der Waals surface area contributed by atoms with Gasteiger partial charge in [-0.1, -0.05) is 78.9 Å². The molecular weight excluding hydrogens is 444 g/mol. The first-order valence-corrected chi connectivity index (χ1v) is 12.9. The number of rotatable bonds is 9. The van der Waals surface area contributed by atoms with Crippen LogP contribution in [0.1, 0.15) is 42.0 Å². The van der Waals surface area contributed by atoms with E-state index in [1.165, 1.54) is 11.1 Å². The molecule has 0 aliphatic heterocycles. The average molecular weight is 475 g/mol. The molecule has 176 valence electrons. The summed E-state index contributed by atoms with van der Waals surface area (Å²) in [4.78, 5) is 25.7. The minimum absolute atomic E-state index is 0.0188. The molecule has 0 saturated heterocycles. The molecule has 0 aromatic heterocycles. The van der Waals surface area contributed by atoms with Crippen molar-refractivity contribution >= 4 is 23.8 Å². The van der Waals surface area contributed by atoms with E-state index >= 15 is 0 Å². The molecule has 3 aromatic rings. The van der Waals surface area contributed by atoms with Crippen molar-refractivity contribution in [1.29, 1.82) is 0 Å². The summed E-state index contributed by atoms with van der Waals surface area (Å²) >= 11 is 1.64. The first kappa shape index (κ1) is 23.9. The van der Waals surface area contributed by atoms with Gasteiger partial charge in [0.1, 0.15) is 12.6 Å². The lowest BCUT2D eigenvalue weighted by atomic mass is 9.98. The third-order valence-electron chi connectivity index (χ3n) is 6.22. The van der Waals surface area contributed by atoms with Crippen molar-refractivity contribution in [3.05, 3.63) is 95.6 Å². The quantitative estimate of drug-likeness (QED) is 0.428. The van der Waals surface area contributed by atoms with Crippen LogP contribution in [0.2, 0.25) is 0 Å². The molecule has 0 saturated carbocycles. The molecule has 0 heterocycles. The monoisotopic (exact) mass is 474 g/mol. The Morgan fingerprint density at radius 2 is 1.47 bits per heavy atom. The van der Waals surface area contributed by atoms with Crippen molar-refractivity contribution in [2.75, 3.05) is 18.6 Å². The van der Waals surface area contributed by atoms with Gasteiger partial charge in [0.2, 0.25) is 5.91 Å². The number of carbonyl (C=O) groups is 2. The van der Waals surface area contributed by atoms with Crippen LogP contribution in [-0.4, -0.2) is 36.7 Å². The average Bonchev–Trinajstić information content (AvgIpc) is 3.19. The van der Waals surface area contributed by atoms with Crippen LogP contribution in [0.3, 0.4) is 0 Å². The van der Waals surface area contributed by atoms with E-state index in [2.05, 4.69) is 34.9 Å². The summed E-state index contributed by atoms with van der Waals surface area (Å²) in [6, 6.07) is 25.4. The van der Waals surface area contributed by atoms with Crippen molar-refractivity contribution in [2.24, 2.45) is 0 Å². The van der Waals surface area contributed by atoms with E-state index in [-0.39, 0.29) is 24.5 Å². The molecule has 6 heteroatoms. The number of fused-ring (bicyclic) bond motifs is 3. The predicted octanol–water partition coefficient (Wildman–Crippen LogP) is 5.52. The summed E-state index contributed by atoms with van der Waals surface area (Å²) in [5.74, 6) is 0.523. The molecule has 0 unspecified atom stereocenters. The standard InChI is InChI=1S/C28H30N2O3S/c1-19(20-10-4-3-5-11-20)29-27(31)26(16-17-34-2)30-28(32)33-18-25-23-14-8-6-12-21(23)22-13-7-9-15-24(22)25/h3-15,19,25-26H,16-18H2,1-2H3,(H,29,31)(H,30,32)/t19-,26+/m1/s1. The highest BCUT2D eigenvalue weighted by molar-refractivity contribution is 7.98. The van der Waals surface area contributed by atoms with E-state index in [1.54, 1.807) is 11.8 Å². The van der Waals surface area contributed by atoms with E-state index < -0.39 is 12.1 Å². The zero-order valence-electron chi connectivity index (χ0n) is 19.5. The molecule has 4 rings (SSSR count). The topological polar surface area (TPSA) is 67.4 Å². The highest BCUT2D eigenvalue weighted by atomic mass is 32.2. The van der Waals surface area contributed by atoms with Gasteiger partial charge in [-0.15, -0.1) is 0 Å². The third-order valence-corrected chi connectivity index (χ3v) is 6.87. The zero-order valence-corrected chi connectivity index (χ0v) is 20.3. The SMILES string of the molecule is CSCC[C@H](NC(=O)OCC1c2ccccc2-c2ccccc21)C(=O)N[C@H](C)c1ccccc1. The second kappa shape index (κ2) is 11.3. The fourth-order valence-electron chi connectivity index (χ4n) is 4.43. The molecule has 1 aliphatic carbocycles. The van der Waals surface area contributed by atoms with E-state index in [0.29, 0.717) is 6.42 Å². The molecule has 2 amide bonds. The van der Waals surface area contributed by atoms with Crippen molar-refractivity contribution in [3.8, 4) is 11.1 Å². The number of benzene rings is 3. The smallest absolute Gasteiger partial charge is 0.407 e. The number of hydrogen-bond donors (Lipinski definition) is 2. The van der Waals surface area contributed by atoms with Gasteiger partial charge in [0.15, 0.2) is 0 Å². The Balaban J connectivity index is 1.39. The van der Waals surface area contributed by atoms with Crippen molar-refractivity contribution in [2.45, 2.75) is 31.3 Å². The molecule has 2 N–H and O–H groups in total. The van der Waals surface area contributed by atoms with Crippen molar-refractivity contribution in [1.82, 2.24) is 10.6 Å². The molecule has 0 spiro atoms. The Bertz CT molecular complexity index is 1090. The summed E-state index contributed by atoms with van der Waals surface area (Å²) in [5.41, 5.74) is 5.69. The van der Waals surface area contributed by atoms with Gasteiger partial charge in [0.25, 0.3) is 0 Å². The van der Waals surface area contributed by atoms with Crippen LogP contribution in [0.4, 0.5) is 4.79 Å². The van der Waals surface area contributed by atoms with Gasteiger partial charge in [0, 0.05) is 5.92 Å². The molecule has 0 bridgehead atoms. The molecule has 0 radical (unpaired) electrons. The Hall–Kier alpha value is -3.25.